The van der Waals surface area contributed by atoms with E-state index >= 15 is 0 Å². The van der Waals surface area contributed by atoms with Crippen LogP contribution in [0, 0.1) is 0 Å². The van der Waals surface area contributed by atoms with Gasteiger partial charge in [-0.25, -0.2) is 23.2 Å². The Balaban J connectivity index is 2.28. The van der Waals surface area contributed by atoms with Gasteiger partial charge in [0.15, 0.2) is 0 Å². The van der Waals surface area contributed by atoms with Gasteiger partial charge in [0.05, 0.1) is 12.0 Å². The molecule has 0 bridgehead atoms. The fraction of sp³-hybridized carbons (Fsp3) is 0.0833. The summed E-state index contributed by atoms with van der Waals surface area (Å²) in [6.07, 6.45) is 1.16. The van der Waals surface area contributed by atoms with Crippen molar-refractivity contribution >= 4 is 21.8 Å². The molecule has 2 rings (SSSR count). The van der Waals surface area contributed by atoms with E-state index in [2.05, 4.69) is 14.7 Å². The first-order valence-corrected chi connectivity index (χ1v) is 7.14. The number of rotatable bonds is 5. The predicted molar refractivity (Wildman–Crippen MR) is 72.8 cm³/mol. The number of ether oxygens (including phenoxy) is 1. The van der Waals surface area contributed by atoms with Crippen molar-refractivity contribution in [1.82, 2.24) is 9.97 Å². The van der Waals surface area contributed by atoms with Gasteiger partial charge < -0.3 is 9.84 Å². The highest BCUT2D eigenvalue weighted by Crippen LogP contribution is 2.18. The van der Waals surface area contributed by atoms with Gasteiger partial charge in [-0.05, 0) is 30.3 Å². The Hall–Kier alpha value is -2.68. The number of carboxylic acid groups (broad SMARTS) is 1. The van der Waals surface area contributed by atoms with Crippen molar-refractivity contribution in [1.29, 1.82) is 0 Å². The van der Waals surface area contributed by atoms with Gasteiger partial charge in [0.2, 0.25) is 5.82 Å². The molecule has 0 aliphatic rings. The number of anilines is 1. The molecule has 0 amide bonds. The molecule has 0 fully saturated rings. The van der Waals surface area contributed by atoms with Crippen molar-refractivity contribution in [2.45, 2.75) is 4.90 Å². The number of nitrogens with zero attached hydrogens (tertiary/aromatic N) is 2. The minimum absolute atomic E-state index is 0.00112. The zero-order valence-corrected chi connectivity index (χ0v) is 11.7. The van der Waals surface area contributed by atoms with Crippen LogP contribution in [0.5, 0.6) is 5.75 Å². The number of carbonyl (C=O) groups is 1. The van der Waals surface area contributed by atoms with E-state index in [4.69, 9.17) is 9.84 Å². The van der Waals surface area contributed by atoms with Gasteiger partial charge >= 0.3 is 5.97 Å². The second-order valence-electron chi connectivity index (χ2n) is 3.85. The van der Waals surface area contributed by atoms with E-state index in [-0.39, 0.29) is 10.7 Å². The quantitative estimate of drug-likeness (QED) is 0.845. The first kappa shape index (κ1) is 14.7. The van der Waals surface area contributed by atoms with Gasteiger partial charge in [-0.3, -0.25) is 4.72 Å². The molecule has 0 spiro atoms. The molecule has 8 nitrogen and oxygen atoms in total. The lowest BCUT2D eigenvalue weighted by Crippen LogP contribution is -2.15. The maximum Gasteiger partial charge on any atom is 0.374 e. The maximum absolute atomic E-state index is 12.1. The van der Waals surface area contributed by atoms with E-state index in [0.717, 1.165) is 6.20 Å². The Kier molecular flexibility index (Phi) is 4.03. The highest BCUT2D eigenvalue weighted by Gasteiger charge is 2.16. The fourth-order valence-corrected chi connectivity index (χ4v) is 2.47. The fourth-order valence-electron chi connectivity index (χ4n) is 1.47. The number of hydrogen-bond donors (Lipinski definition) is 2. The summed E-state index contributed by atoms with van der Waals surface area (Å²) in [5.41, 5.74) is 0. The normalized spacial score (nSPS) is 10.9. The van der Waals surface area contributed by atoms with Crippen LogP contribution in [-0.4, -0.2) is 36.6 Å². The second kappa shape index (κ2) is 5.75. The topological polar surface area (TPSA) is 118 Å². The Morgan fingerprint density at radius 2 is 1.90 bits per heavy atom. The van der Waals surface area contributed by atoms with Gasteiger partial charge in [-0.1, -0.05) is 0 Å². The number of nitrogens with one attached hydrogen (secondary N) is 1. The number of benzene rings is 1. The van der Waals surface area contributed by atoms with Crippen LogP contribution >= 0.6 is 0 Å². The number of hydrogen-bond acceptors (Lipinski definition) is 6. The molecule has 1 heterocycles. The van der Waals surface area contributed by atoms with Crippen LogP contribution in [-0.2, 0) is 10.0 Å². The third-order valence-corrected chi connectivity index (χ3v) is 3.83. The van der Waals surface area contributed by atoms with Crippen LogP contribution in [0.2, 0.25) is 0 Å². The van der Waals surface area contributed by atoms with E-state index in [1.165, 1.54) is 37.4 Å². The molecule has 0 saturated carbocycles. The zero-order chi connectivity index (χ0) is 15.5. The van der Waals surface area contributed by atoms with Gasteiger partial charge in [0.25, 0.3) is 10.0 Å². The molecule has 1 aromatic carbocycles. The maximum atomic E-state index is 12.1. The second-order valence-corrected chi connectivity index (χ2v) is 5.53. The van der Waals surface area contributed by atoms with Crippen molar-refractivity contribution < 1.29 is 23.1 Å². The van der Waals surface area contributed by atoms with Crippen molar-refractivity contribution in [3.8, 4) is 5.75 Å². The number of sulfonamides is 1. The van der Waals surface area contributed by atoms with Gasteiger partial charge in [-0.15, -0.1) is 0 Å². The number of carboxylic acids is 1. The molecule has 0 unspecified atom stereocenters. The molecule has 0 saturated heterocycles. The highest BCUT2D eigenvalue weighted by molar-refractivity contribution is 7.92. The lowest BCUT2D eigenvalue weighted by molar-refractivity contribution is 0.0683. The van der Waals surface area contributed by atoms with E-state index in [0.29, 0.717) is 5.75 Å². The first-order chi connectivity index (χ1) is 9.92. The summed E-state index contributed by atoms with van der Waals surface area (Å²) in [5, 5.41) is 8.77. The van der Waals surface area contributed by atoms with Crippen LogP contribution in [0.25, 0.3) is 0 Å². The van der Waals surface area contributed by atoms with E-state index in [1.807, 2.05) is 0 Å². The van der Waals surface area contributed by atoms with Gasteiger partial charge in [0.1, 0.15) is 11.6 Å². The number of aromatic nitrogens is 2. The van der Waals surface area contributed by atoms with E-state index < -0.39 is 21.8 Å². The summed E-state index contributed by atoms with van der Waals surface area (Å²) in [4.78, 5) is 17.8. The molecular weight excluding hydrogens is 298 g/mol. The highest BCUT2D eigenvalue weighted by atomic mass is 32.2. The molecule has 110 valence electrons. The largest absolute Gasteiger partial charge is 0.497 e. The lowest BCUT2D eigenvalue weighted by Gasteiger charge is -2.08. The molecule has 2 aromatic rings. The van der Waals surface area contributed by atoms with Crippen molar-refractivity contribution in [2.24, 2.45) is 0 Å². The van der Waals surface area contributed by atoms with Crippen molar-refractivity contribution in [2.75, 3.05) is 11.8 Å². The van der Waals surface area contributed by atoms with Crippen LogP contribution in [0.15, 0.2) is 41.4 Å². The number of aromatic carboxylic acids is 1. The Bertz CT molecular complexity index is 759. The Morgan fingerprint density at radius 3 is 2.48 bits per heavy atom. The zero-order valence-electron chi connectivity index (χ0n) is 10.8. The summed E-state index contributed by atoms with van der Waals surface area (Å²) in [7, 11) is -2.40. The third-order valence-electron chi connectivity index (χ3n) is 2.46. The number of methoxy groups -OCH3 is 1. The van der Waals surface area contributed by atoms with Gasteiger partial charge in [0, 0.05) is 6.20 Å². The summed E-state index contributed by atoms with van der Waals surface area (Å²) >= 11 is 0. The van der Waals surface area contributed by atoms with E-state index in [1.54, 1.807) is 0 Å². The summed E-state index contributed by atoms with van der Waals surface area (Å²) in [5.74, 6) is -1.45. The monoisotopic (exact) mass is 309 g/mol. The van der Waals surface area contributed by atoms with Gasteiger partial charge in [-0.2, -0.15) is 0 Å². The molecule has 21 heavy (non-hydrogen) atoms. The molecule has 9 heteroatoms. The van der Waals surface area contributed by atoms with Crippen LogP contribution in [0.4, 0.5) is 5.82 Å². The van der Waals surface area contributed by atoms with Crippen molar-refractivity contribution in [3.63, 3.8) is 0 Å². The van der Waals surface area contributed by atoms with Crippen molar-refractivity contribution in [3.05, 3.63) is 42.4 Å². The molecule has 0 radical (unpaired) electrons. The average Bonchev–Trinajstić information content (AvgIpc) is 2.47. The average molecular weight is 309 g/mol. The minimum atomic E-state index is -3.87. The SMILES string of the molecule is COc1ccc(S(=O)(=O)Nc2ccnc(C(=O)O)n2)cc1. The first-order valence-electron chi connectivity index (χ1n) is 5.65. The smallest absolute Gasteiger partial charge is 0.374 e. The Labute approximate surface area is 120 Å². The molecule has 0 atom stereocenters. The van der Waals surface area contributed by atoms with Crippen LogP contribution < -0.4 is 9.46 Å². The molecular formula is C12H11N3O5S. The van der Waals surface area contributed by atoms with E-state index in [9.17, 15) is 13.2 Å². The standard InChI is InChI=1S/C12H11N3O5S/c1-20-8-2-4-9(5-3-8)21(18,19)15-10-6-7-13-11(14-10)12(16)17/h2-7H,1H3,(H,16,17)(H,13,14,15). The predicted octanol–water partition coefficient (Wildman–Crippen LogP) is 0.984. The summed E-state index contributed by atoms with van der Waals surface area (Å²) < 4.78 is 31.4. The van der Waals surface area contributed by atoms with Crippen LogP contribution in [0.3, 0.4) is 0 Å². The molecule has 0 aliphatic heterocycles. The third kappa shape index (κ3) is 3.45. The molecule has 1 aromatic heterocycles. The van der Waals surface area contributed by atoms with Crippen LogP contribution in [0.1, 0.15) is 10.6 Å². The lowest BCUT2D eigenvalue weighted by atomic mass is 10.3. The minimum Gasteiger partial charge on any atom is -0.497 e. The summed E-state index contributed by atoms with van der Waals surface area (Å²) in [6.45, 7) is 0. The Morgan fingerprint density at radius 1 is 1.24 bits per heavy atom. The molecule has 2 N–H and O–H groups in total. The molecule has 0 aliphatic carbocycles. The summed E-state index contributed by atoms with van der Waals surface area (Å²) in [6, 6.07) is 6.98.